The van der Waals surface area contributed by atoms with Crippen LogP contribution in [0.1, 0.15) is 43.1 Å². The van der Waals surface area contributed by atoms with Gasteiger partial charge in [0.05, 0.1) is 12.6 Å². The van der Waals surface area contributed by atoms with E-state index in [2.05, 4.69) is 15.1 Å². The van der Waals surface area contributed by atoms with Gasteiger partial charge in [-0.15, -0.1) is 0 Å². The first-order valence-electron chi connectivity index (χ1n) is 11.8. The van der Waals surface area contributed by atoms with E-state index in [-0.39, 0.29) is 11.9 Å². The van der Waals surface area contributed by atoms with Crippen molar-refractivity contribution in [1.82, 2.24) is 24.6 Å². The number of nitrogens with zero attached hydrogens (tertiary/aromatic N) is 4. The van der Waals surface area contributed by atoms with Crippen LogP contribution in [-0.2, 0) is 17.8 Å². The number of nitrogens with one attached hydrogen (secondary N) is 1. The highest BCUT2D eigenvalue weighted by Gasteiger charge is 2.33. The molecule has 1 unspecified atom stereocenters. The molecule has 4 aromatic rings. The number of H-pyrrole nitrogens is 1. The van der Waals surface area contributed by atoms with Gasteiger partial charge in [-0.25, -0.2) is 4.98 Å². The number of halogens is 1. The number of ether oxygens (including phenoxy) is 1. The van der Waals surface area contributed by atoms with Crippen molar-refractivity contribution in [3.8, 4) is 5.75 Å². The smallest absolute Gasteiger partial charge is 0.247 e. The molecule has 1 aliphatic rings. The third kappa shape index (κ3) is 4.95. The molecule has 2 aromatic carbocycles. The molecule has 0 saturated carbocycles. The standard InChI is InChI=1S/C27H28ClN5O2/c1-18(2)14-25(34)33-12-10-22-23-15-20(28)6-9-24(23)31-26(22)27(33)19-4-7-21(8-5-19)35-13-3-11-32-17-29-16-30-32/h4-9,14-17,27,31H,3,10-13H2,1-2H3. The normalized spacial score (nSPS) is 15.2. The van der Waals surface area contributed by atoms with Gasteiger partial charge in [-0.1, -0.05) is 29.3 Å². The molecule has 3 heterocycles. The Bertz CT molecular complexity index is 1350. The second-order valence-corrected chi connectivity index (χ2v) is 9.48. The largest absolute Gasteiger partial charge is 0.494 e. The number of carbonyl (C=O) groups excluding carboxylic acids is 1. The monoisotopic (exact) mass is 489 g/mol. The van der Waals surface area contributed by atoms with Crippen molar-refractivity contribution in [2.75, 3.05) is 13.2 Å². The van der Waals surface area contributed by atoms with Crippen LogP contribution in [0.4, 0.5) is 0 Å². The van der Waals surface area contributed by atoms with E-state index in [0.29, 0.717) is 18.2 Å². The number of aryl methyl sites for hydroxylation is 1. The van der Waals surface area contributed by atoms with E-state index in [0.717, 1.165) is 52.9 Å². The average molecular weight is 490 g/mol. The maximum absolute atomic E-state index is 13.2. The average Bonchev–Trinajstić information content (AvgIpc) is 3.49. The van der Waals surface area contributed by atoms with Crippen molar-refractivity contribution in [3.63, 3.8) is 0 Å². The number of hydrogen-bond acceptors (Lipinski definition) is 4. The van der Waals surface area contributed by atoms with E-state index in [4.69, 9.17) is 16.3 Å². The molecule has 0 saturated heterocycles. The van der Waals surface area contributed by atoms with Gasteiger partial charge in [-0.3, -0.25) is 9.48 Å². The summed E-state index contributed by atoms with van der Waals surface area (Å²) in [4.78, 5) is 22.7. The Labute approximate surface area is 209 Å². The molecular weight excluding hydrogens is 462 g/mol. The maximum Gasteiger partial charge on any atom is 0.247 e. The molecule has 5 rings (SSSR count). The molecule has 0 radical (unpaired) electrons. The molecule has 180 valence electrons. The Balaban J connectivity index is 1.41. The predicted octanol–water partition coefficient (Wildman–Crippen LogP) is 5.32. The summed E-state index contributed by atoms with van der Waals surface area (Å²) in [5.41, 5.74) is 5.33. The van der Waals surface area contributed by atoms with Gasteiger partial charge in [0.1, 0.15) is 18.4 Å². The number of amides is 1. The molecule has 35 heavy (non-hydrogen) atoms. The van der Waals surface area contributed by atoms with Crippen LogP contribution in [-0.4, -0.2) is 43.7 Å². The molecule has 0 aliphatic carbocycles. The Morgan fingerprint density at radius 1 is 1.23 bits per heavy atom. The Morgan fingerprint density at radius 2 is 2.06 bits per heavy atom. The zero-order valence-corrected chi connectivity index (χ0v) is 20.6. The molecule has 0 bridgehead atoms. The van der Waals surface area contributed by atoms with Crippen LogP contribution in [0.3, 0.4) is 0 Å². The predicted molar refractivity (Wildman–Crippen MR) is 137 cm³/mol. The van der Waals surface area contributed by atoms with Crippen molar-refractivity contribution in [1.29, 1.82) is 0 Å². The van der Waals surface area contributed by atoms with Crippen molar-refractivity contribution >= 4 is 28.4 Å². The van der Waals surface area contributed by atoms with Crippen LogP contribution in [0.5, 0.6) is 5.75 Å². The SMILES string of the molecule is CC(C)=CC(=O)N1CCc2c([nH]c3ccc(Cl)cc23)C1c1ccc(OCCCn2cncn2)cc1. The van der Waals surface area contributed by atoms with Crippen LogP contribution in [0.25, 0.3) is 10.9 Å². The van der Waals surface area contributed by atoms with E-state index in [1.54, 1.807) is 17.1 Å². The lowest BCUT2D eigenvalue weighted by Crippen LogP contribution is -2.39. The van der Waals surface area contributed by atoms with Crippen molar-refractivity contribution in [3.05, 3.63) is 88.6 Å². The van der Waals surface area contributed by atoms with Gasteiger partial charge in [-0.05, 0) is 61.7 Å². The Morgan fingerprint density at radius 3 is 2.80 bits per heavy atom. The second-order valence-electron chi connectivity index (χ2n) is 9.04. The van der Waals surface area contributed by atoms with E-state index in [1.807, 2.05) is 61.2 Å². The maximum atomic E-state index is 13.2. The molecule has 1 atom stereocenters. The topological polar surface area (TPSA) is 76.0 Å². The van der Waals surface area contributed by atoms with Gasteiger partial charge in [-0.2, -0.15) is 5.10 Å². The van der Waals surface area contributed by atoms with Crippen LogP contribution >= 0.6 is 11.6 Å². The summed E-state index contributed by atoms with van der Waals surface area (Å²) in [6.07, 6.45) is 6.56. The number of benzene rings is 2. The number of rotatable bonds is 7. The van der Waals surface area contributed by atoms with Crippen LogP contribution in [0.2, 0.25) is 5.02 Å². The van der Waals surface area contributed by atoms with Gasteiger partial charge in [0, 0.05) is 47.2 Å². The summed E-state index contributed by atoms with van der Waals surface area (Å²) in [6, 6.07) is 13.7. The summed E-state index contributed by atoms with van der Waals surface area (Å²) in [5.74, 6) is 0.819. The van der Waals surface area contributed by atoms with E-state index in [1.165, 1.54) is 11.9 Å². The quantitative estimate of drug-likeness (QED) is 0.281. The number of hydrogen-bond donors (Lipinski definition) is 1. The highest BCUT2D eigenvalue weighted by Crippen LogP contribution is 2.39. The summed E-state index contributed by atoms with van der Waals surface area (Å²) in [6.45, 7) is 5.88. The molecule has 1 amide bonds. The van der Waals surface area contributed by atoms with E-state index >= 15 is 0 Å². The molecule has 2 aromatic heterocycles. The number of aromatic amines is 1. The lowest BCUT2D eigenvalue weighted by atomic mass is 9.92. The van der Waals surface area contributed by atoms with Gasteiger partial charge < -0.3 is 14.6 Å². The van der Waals surface area contributed by atoms with Crippen LogP contribution in [0.15, 0.2) is 66.8 Å². The van der Waals surface area contributed by atoms with Gasteiger partial charge >= 0.3 is 0 Å². The van der Waals surface area contributed by atoms with Crippen LogP contribution in [0, 0.1) is 0 Å². The van der Waals surface area contributed by atoms with Gasteiger partial charge in [0.2, 0.25) is 5.91 Å². The number of allylic oxidation sites excluding steroid dienone is 1. The minimum atomic E-state index is -0.214. The molecule has 0 fully saturated rings. The summed E-state index contributed by atoms with van der Waals surface area (Å²) >= 11 is 6.30. The van der Waals surface area contributed by atoms with Crippen molar-refractivity contribution in [2.24, 2.45) is 0 Å². The minimum Gasteiger partial charge on any atom is -0.494 e. The van der Waals surface area contributed by atoms with Gasteiger partial charge in [0.15, 0.2) is 0 Å². The molecular formula is C27H28ClN5O2. The number of aromatic nitrogens is 4. The lowest BCUT2D eigenvalue weighted by molar-refractivity contribution is -0.128. The molecule has 0 spiro atoms. The minimum absolute atomic E-state index is 0.0192. The fraction of sp³-hybridized carbons (Fsp3) is 0.296. The van der Waals surface area contributed by atoms with E-state index in [9.17, 15) is 4.79 Å². The highest BCUT2D eigenvalue weighted by atomic mass is 35.5. The zero-order valence-electron chi connectivity index (χ0n) is 19.9. The molecule has 7 nitrogen and oxygen atoms in total. The van der Waals surface area contributed by atoms with Crippen molar-refractivity contribution in [2.45, 2.75) is 39.3 Å². The second kappa shape index (κ2) is 9.96. The summed E-state index contributed by atoms with van der Waals surface area (Å²) in [5, 5.41) is 5.94. The zero-order chi connectivity index (χ0) is 24.4. The number of fused-ring (bicyclic) bond motifs is 3. The first-order chi connectivity index (χ1) is 17.0. The highest BCUT2D eigenvalue weighted by molar-refractivity contribution is 6.31. The lowest BCUT2D eigenvalue weighted by Gasteiger charge is -2.36. The summed E-state index contributed by atoms with van der Waals surface area (Å²) < 4.78 is 7.72. The molecule has 1 aliphatic heterocycles. The van der Waals surface area contributed by atoms with Crippen LogP contribution < -0.4 is 4.74 Å². The van der Waals surface area contributed by atoms with E-state index < -0.39 is 0 Å². The fourth-order valence-electron chi connectivity index (χ4n) is 4.69. The van der Waals surface area contributed by atoms with Gasteiger partial charge in [0.25, 0.3) is 0 Å². The third-order valence-corrected chi connectivity index (χ3v) is 6.48. The Kier molecular flexibility index (Phi) is 6.59. The third-order valence-electron chi connectivity index (χ3n) is 6.25. The first kappa shape index (κ1) is 23.2. The first-order valence-corrected chi connectivity index (χ1v) is 12.2. The molecule has 1 N–H and O–H groups in total. The number of carbonyl (C=O) groups is 1. The fourth-order valence-corrected chi connectivity index (χ4v) is 4.86. The van der Waals surface area contributed by atoms with Crippen molar-refractivity contribution < 1.29 is 9.53 Å². The molecule has 8 heteroatoms. The summed E-state index contributed by atoms with van der Waals surface area (Å²) in [7, 11) is 0. The Hall–Kier alpha value is -3.58.